The number of thiocarbonyl (C=S) groups is 1. The lowest BCUT2D eigenvalue weighted by Gasteiger charge is -2.10. The topological polar surface area (TPSA) is 35.2 Å². The van der Waals surface area contributed by atoms with Crippen LogP contribution in [0.4, 0.5) is 0 Å². The molecule has 0 bridgehead atoms. The van der Waals surface area contributed by atoms with Gasteiger partial charge in [0, 0.05) is 6.42 Å². The summed E-state index contributed by atoms with van der Waals surface area (Å²) in [6.07, 6.45) is 1.63. The fourth-order valence-corrected chi connectivity index (χ4v) is 1.45. The van der Waals surface area contributed by atoms with Crippen LogP contribution in [0.25, 0.3) is 0 Å². The molecule has 0 aliphatic carbocycles. The van der Waals surface area contributed by atoms with Crippen molar-refractivity contribution in [2.75, 3.05) is 6.61 Å². The van der Waals surface area contributed by atoms with E-state index in [9.17, 15) is 0 Å². The Hall–Kier alpha value is -1.09. The van der Waals surface area contributed by atoms with E-state index in [2.05, 4.69) is 19.9 Å². The molecule has 0 heterocycles. The summed E-state index contributed by atoms with van der Waals surface area (Å²) in [5.41, 5.74) is 7.86. The molecule has 1 aromatic carbocycles. The average molecular weight is 223 g/mol. The maximum absolute atomic E-state index is 5.65. The van der Waals surface area contributed by atoms with Crippen LogP contribution >= 0.6 is 12.2 Å². The SMILES string of the molecule is Cc1cccc(OCCCC(N)=S)c1C. The van der Waals surface area contributed by atoms with Gasteiger partial charge in [-0.05, 0) is 37.5 Å². The minimum Gasteiger partial charge on any atom is -0.493 e. The highest BCUT2D eigenvalue weighted by atomic mass is 32.1. The van der Waals surface area contributed by atoms with Crippen molar-refractivity contribution < 1.29 is 4.74 Å². The highest BCUT2D eigenvalue weighted by Crippen LogP contribution is 2.20. The van der Waals surface area contributed by atoms with E-state index >= 15 is 0 Å². The zero-order chi connectivity index (χ0) is 11.3. The molecule has 1 rings (SSSR count). The van der Waals surface area contributed by atoms with Gasteiger partial charge in [-0.2, -0.15) is 0 Å². The van der Waals surface area contributed by atoms with E-state index in [1.165, 1.54) is 11.1 Å². The highest BCUT2D eigenvalue weighted by molar-refractivity contribution is 7.80. The van der Waals surface area contributed by atoms with E-state index in [0.717, 1.165) is 18.6 Å². The first-order chi connectivity index (χ1) is 7.11. The number of nitrogens with two attached hydrogens (primary N) is 1. The number of benzene rings is 1. The van der Waals surface area contributed by atoms with Crippen LogP contribution in [0, 0.1) is 13.8 Å². The number of ether oxygens (including phenoxy) is 1. The Balaban J connectivity index is 2.44. The molecular formula is C12H17NOS. The molecule has 0 spiro atoms. The predicted octanol–water partition coefficient (Wildman–Crippen LogP) is 2.75. The number of hydrogen-bond acceptors (Lipinski definition) is 2. The second kappa shape index (κ2) is 5.71. The minimum absolute atomic E-state index is 0.555. The van der Waals surface area contributed by atoms with Crippen molar-refractivity contribution in [3.63, 3.8) is 0 Å². The number of aryl methyl sites for hydroxylation is 1. The third-order valence-corrected chi connectivity index (χ3v) is 2.58. The minimum atomic E-state index is 0.555. The summed E-state index contributed by atoms with van der Waals surface area (Å²) in [6, 6.07) is 6.07. The van der Waals surface area contributed by atoms with Crippen LogP contribution in [0.5, 0.6) is 5.75 Å². The quantitative estimate of drug-likeness (QED) is 0.616. The van der Waals surface area contributed by atoms with Crippen molar-refractivity contribution in [3.8, 4) is 5.75 Å². The summed E-state index contributed by atoms with van der Waals surface area (Å²) in [5, 5.41) is 0. The first-order valence-corrected chi connectivity index (χ1v) is 5.49. The molecule has 0 fully saturated rings. The largest absolute Gasteiger partial charge is 0.493 e. The second-order valence-corrected chi connectivity index (χ2v) is 4.14. The van der Waals surface area contributed by atoms with Crippen LogP contribution in [-0.4, -0.2) is 11.6 Å². The first-order valence-electron chi connectivity index (χ1n) is 5.08. The van der Waals surface area contributed by atoms with Gasteiger partial charge in [0.1, 0.15) is 5.75 Å². The van der Waals surface area contributed by atoms with Crippen molar-refractivity contribution in [3.05, 3.63) is 29.3 Å². The van der Waals surface area contributed by atoms with Crippen molar-refractivity contribution in [1.82, 2.24) is 0 Å². The fourth-order valence-electron chi connectivity index (χ4n) is 1.31. The summed E-state index contributed by atoms with van der Waals surface area (Å²) in [5.74, 6) is 0.956. The molecule has 0 unspecified atom stereocenters. The lowest BCUT2D eigenvalue weighted by atomic mass is 10.1. The normalized spacial score (nSPS) is 10.0. The summed E-state index contributed by atoms with van der Waals surface area (Å²) < 4.78 is 5.65. The van der Waals surface area contributed by atoms with E-state index in [1.54, 1.807) is 0 Å². The maximum Gasteiger partial charge on any atom is 0.122 e. The summed E-state index contributed by atoms with van der Waals surface area (Å²) in [4.78, 5) is 0.555. The van der Waals surface area contributed by atoms with Crippen LogP contribution in [-0.2, 0) is 0 Å². The highest BCUT2D eigenvalue weighted by Gasteiger charge is 2.01. The Morgan fingerprint density at radius 3 is 2.80 bits per heavy atom. The molecule has 0 amide bonds. The first kappa shape index (κ1) is 12.0. The second-order valence-electron chi connectivity index (χ2n) is 3.62. The summed E-state index contributed by atoms with van der Waals surface area (Å²) >= 11 is 4.79. The predicted molar refractivity (Wildman–Crippen MR) is 67.4 cm³/mol. The van der Waals surface area contributed by atoms with Crippen LogP contribution < -0.4 is 10.5 Å². The van der Waals surface area contributed by atoms with Gasteiger partial charge in [0.15, 0.2) is 0 Å². The standard InChI is InChI=1S/C12H17NOS/c1-9-5-3-6-11(10(9)2)14-8-4-7-12(13)15/h3,5-6H,4,7-8H2,1-2H3,(H2,13,15). The monoisotopic (exact) mass is 223 g/mol. The van der Waals surface area contributed by atoms with Gasteiger partial charge in [0.05, 0.1) is 11.6 Å². The van der Waals surface area contributed by atoms with Gasteiger partial charge in [-0.25, -0.2) is 0 Å². The maximum atomic E-state index is 5.65. The zero-order valence-corrected chi connectivity index (χ0v) is 10.1. The van der Waals surface area contributed by atoms with Gasteiger partial charge in [0.2, 0.25) is 0 Å². The Labute approximate surface area is 96.4 Å². The Kier molecular flexibility index (Phi) is 4.56. The number of hydrogen-bond donors (Lipinski definition) is 1. The van der Waals surface area contributed by atoms with Gasteiger partial charge >= 0.3 is 0 Å². The van der Waals surface area contributed by atoms with Crippen molar-refractivity contribution >= 4 is 17.2 Å². The summed E-state index contributed by atoms with van der Waals surface area (Å²) in [6.45, 7) is 4.82. The van der Waals surface area contributed by atoms with Crippen LogP contribution in [0.3, 0.4) is 0 Å². The van der Waals surface area contributed by atoms with E-state index in [1.807, 2.05) is 12.1 Å². The van der Waals surface area contributed by atoms with E-state index in [-0.39, 0.29) is 0 Å². The molecular weight excluding hydrogens is 206 g/mol. The molecule has 0 aliphatic heterocycles. The third-order valence-electron chi connectivity index (χ3n) is 2.38. The molecule has 0 radical (unpaired) electrons. The molecule has 3 heteroatoms. The Bertz CT molecular complexity index is 349. The molecule has 0 aliphatic rings. The van der Waals surface area contributed by atoms with E-state index < -0.39 is 0 Å². The lowest BCUT2D eigenvalue weighted by molar-refractivity contribution is 0.311. The average Bonchev–Trinajstić information content (AvgIpc) is 2.18. The third kappa shape index (κ3) is 3.88. The number of rotatable bonds is 5. The molecule has 2 N–H and O–H groups in total. The van der Waals surface area contributed by atoms with E-state index in [4.69, 9.17) is 22.7 Å². The van der Waals surface area contributed by atoms with Crippen molar-refractivity contribution in [2.24, 2.45) is 5.73 Å². The molecule has 0 atom stereocenters. The summed E-state index contributed by atoms with van der Waals surface area (Å²) in [7, 11) is 0. The van der Waals surface area contributed by atoms with E-state index in [0.29, 0.717) is 11.6 Å². The Morgan fingerprint density at radius 1 is 1.40 bits per heavy atom. The van der Waals surface area contributed by atoms with Crippen molar-refractivity contribution in [2.45, 2.75) is 26.7 Å². The van der Waals surface area contributed by atoms with Crippen molar-refractivity contribution in [1.29, 1.82) is 0 Å². The smallest absolute Gasteiger partial charge is 0.122 e. The molecule has 0 aromatic heterocycles. The zero-order valence-electron chi connectivity index (χ0n) is 9.25. The molecule has 2 nitrogen and oxygen atoms in total. The Morgan fingerprint density at radius 2 is 2.13 bits per heavy atom. The molecule has 82 valence electrons. The van der Waals surface area contributed by atoms with Crippen LogP contribution in [0.1, 0.15) is 24.0 Å². The van der Waals surface area contributed by atoms with Gasteiger partial charge in [0.25, 0.3) is 0 Å². The van der Waals surface area contributed by atoms with Gasteiger partial charge in [-0.15, -0.1) is 0 Å². The molecule has 0 saturated heterocycles. The molecule has 0 saturated carbocycles. The molecule has 15 heavy (non-hydrogen) atoms. The van der Waals surface area contributed by atoms with Gasteiger partial charge in [-0.3, -0.25) is 0 Å². The van der Waals surface area contributed by atoms with Crippen LogP contribution in [0.15, 0.2) is 18.2 Å². The van der Waals surface area contributed by atoms with Gasteiger partial charge < -0.3 is 10.5 Å². The molecule has 1 aromatic rings. The lowest BCUT2D eigenvalue weighted by Crippen LogP contribution is -2.09. The van der Waals surface area contributed by atoms with Gasteiger partial charge in [-0.1, -0.05) is 24.4 Å². The fraction of sp³-hybridized carbons (Fsp3) is 0.417. The van der Waals surface area contributed by atoms with Crippen LogP contribution in [0.2, 0.25) is 0 Å².